The third kappa shape index (κ3) is 6.54. The molecule has 6 heteroatoms. The van der Waals surface area contributed by atoms with E-state index in [1.807, 2.05) is 6.92 Å². The molecule has 0 spiro atoms. The zero-order valence-corrected chi connectivity index (χ0v) is 11.6. The number of carbonyl (C=O) groups is 1. The number of anilines is 1. The van der Waals surface area contributed by atoms with Gasteiger partial charge in [-0.1, -0.05) is 23.9 Å². The first kappa shape index (κ1) is 15.9. The fourth-order valence-corrected chi connectivity index (χ4v) is 2.16. The van der Waals surface area contributed by atoms with Crippen molar-refractivity contribution in [2.75, 3.05) is 5.32 Å². The molecule has 0 fully saturated rings. The van der Waals surface area contributed by atoms with E-state index in [1.165, 1.54) is 0 Å². The molecule has 0 bridgehead atoms. The van der Waals surface area contributed by atoms with Crippen LogP contribution in [0, 0.1) is 0 Å². The van der Waals surface area contributed by atoms with E-state index in [0.717, 1.165) is 6.42 Å². The highest BCUT2D eigenvalue weighted by Crippen LogP contribution is 2.31. The summed E-state index contributed by atoms with van der Waals surface area (Å²) in [5.41, 5.74) is 6.02. The smallest absolute Gasteiger partial charge is 0.288 e. The Morgan fingerprint density at radius 2 is 2.11 bits per heavy atom. The van der Waals surface area contributed by atoms with Gasteiger partial charge >= 0.3 is 0 Å². The van der Waals surface area contributed by atoms with Gasteiger partial charge in [0.2, 0.25) is 5.91 Å². The van der Waals surface area contributed by atoms with Gasteiger partial charge in [-0.05, 0) is 31.9 Å². The summed E-state index contributed by atoms with van der Waals surface area (Å²) in [7, 11) is 0. The predicted molar refractivity (Wildman–Crippen MR) is 74.4 cm³/mol. The molecule has 19 heavy (non-hydrogen) atoms. The van der Waals surface area contributed by atoms with Gasteiger partial charge < -0.3 is 11.1 Å². The van der Waals surface area contributed by atoms with E-state index in [0.29, 0.717) is 35.2 Å². The van der Waals surface area contributed by atoms with Crippen molar-refractivity contribution in [1.29, 1.82) is 0 Å². The Balaban J connectivity index is 2.53. The van der Waals surface area contributed by atoms with Crippen LogP contribution >= 0.6 is 11.8 Å². The van der Waals surface area contributed by atoms with Crippen LogP contribution in [0.5, 0.6) is 0 Å². The summed E-state index contributed by atoms with van der Waals surface area (Å²) >= 11 is 0.428. The minimum Gasteiger partial charge on any atom is -0.328 e. The minimum atomic E-state index is -2.50. The van der Waals surface area contributed by atoms with Gasteiger partial charge in [-0.25, -0.2) is 0 Å². The standard InChI is InChI=1S/C13H18F2N2OS/c1-9(16)5-4-8-12(18)17-10-6-2-3-7-11(10)19-13(14)15/h2-3,6-7,9,13H,4-5,8,16H2,1H3,(H,17,18). The number of thioether (sulfide) groups is 1. The molecule has 106 valence electrons. The Morgan fingerprint density at radius 3 is 2.74 bits per heavy atom. The minimum absolute atomic E-state index is 0.0643. The molecule has 0 heterocycles. The lowest BCUT2D eigenvalue weighted by molar-refractivity contribution is -0.116. The molecule has 1 rings (SSSR count). The molecule has 3 N–H and O–H groups in total. The summed E-state index contributed by atoms with van der Waals surface area (Å²) < 4.78 is 24.7. The van der Waals surface area contributed by atoms with Crippen molar-refractivity contribution < 1.29 is 13.6 Å². The molecule has 1 aromatic carbocycles. The molecule has 1 atom stereocenters. The number of hydrogen-bond acceptors (Lipinski definition) is 3. The second-order valence-electron chi connectivity index (χ2n) is 4.29. The zero-order valence-electron chi connectivity index (χ0n) is 10.7. The molecular formula is C13H18F2N2OS. The lowest BCUT2D eigenvalue weighted by atomic mass is 10.1. The summed E-state index contributed by atoms with van der Waals surface area (Å²) in [5, 5.41) is 2.66. The van der Waals surface area contributed by atoms with Crippen LogP contribution in [0.4, 0.5) is 14.5 Å². The van der Waals surface area contributed by atoms with Gasteiger partial charge in [0, 0.05) is 17.4 Å². The van der Waals surface area contributed by atoms with Gasteiger partial charge in [0.25, 0.3) is 5.76 Å². The zero-order chi connectivity index (χ0) is 14.3. The van der Waals surface area contributed by atoms with Crippen LogP contribution in [0.2, 0.25) is 0 Å². The number of halogens is 2. The second kappa shape index (κ2) is 8.12. The molecule has 0 aliphatic carbocycles. The van der Waals surface area contributed by atoms with Gasteiger partial charge in [-0.3, -0.25) is 4.79 Å². The van der Waals surface area contributed by atoms with Crippen LogP contribution in [0.25, 0.3) is 0 Å². The molecule has 3 nitrogen and oxygen atoms in total. The fourth-order valence-electron chi connectivity index (χ4n) is 1.57. The fraction of sp³-hybridized carbons (Fsp3) is 0.462. The molecule has 0 radical (unpaired) electrons. The summed E-state index contributed by atoms with van der Waals surface area (Å²) in [6.45, 7) is 1.88. The van der Waals surface area contributed by atoms with Gasteiger partial charge in [-0.15, -0.1) is 0 Å². The van der Waals surface area contributed by atoms with E-state index < -0.39 is 5.76 Å². The quantitative estimate of drug-likeness (QED) is 0.755. The number of rotatable bonds is 7. The summed E-state index contributed by atoms with van der Waals surface area (Å²) in [6.07, 6.45) is 1.80. The van der Waals surface area contributed by atoms with E-state index in [-0.39, 0.29) is 11.9 Å². The van der Waals surface area contributed by atoms with E-state index in [1.54, 1.807) is 24.3 Å². The number of alkyl halides is 2. The van der Waals surface area contributed by atoms with Gasteiger partial charge in [0.1, 0.15) is 0 Å². The highest BCUT2D eigenvalue weighted by Gasteiger charge is 2.11. The van der Waals surface area contributed by atoms with E-state index >= 15 is 0 Å². The molecule has 0 aromatic heterocycles. The lowest BCUT2D eigenvalue weighted by Gasteiger charge is -2.10. The van der Waals surface area contributed by atoms with Crippen molar-refractivity contribution >= 4 is 23.4 Å². The van der Waals surface area contributed by atoms with E-state index in [9.17, 15) is 13.6 Å². The Kier molecular flexibility index (Phi) is 6.80. The van der Waals surface area contributed by atoms with Crippen molar-refractivity contribution in [3.8, 4) is 0 Å². The highest BCUT2D eigenvalue weighted by atomic mass is 32.2. The number of amides is 1. The van der Waals surface area contributed by atoms with Crippen molar-refractivity contribution in [1.82, 2.24) is 0 Å². The average molecular weight is 288 g/mol. The van der Waals surface area contributed by atoms with Crippen LogP contribution in [-0.2, 0) is 4.79 Å². The summed E-state index contributed by atoms with van der Waals surface area (Å²) in [4.78, 5) is 12.1. The Labute approximate surface area is 115 Å². The number of hydrogen-bond donors (Lipinski definition) is 2. The van der Waals surface area contributed by atoms with Crippen LogP contribution in [0.3, 0.4) is 0 Å². The molecule has 1 aromatic rings. The number of nitrogens with one attached hydrogen (secondary N) is 1. The SMILES string of the molecule is CC(N)CCCC(=O)Nc1ccccc1SC(F)F. The van der Waals surface area contributed by atoms with Crippen LogP contribution in [0.1, 0.15) is 26.2 Å². The van der Waals surface area contributed by atoms with Crippen LogP contribution in [-0.4, -0.2) is 17.7 Å². The maximum Gasteiger partial charge on any atom is 0.288 e. The number of carbonyl (C=O) groups excluding carboxylic acids is 1. The highest BCUT2D eigenvalue weighted by molar-refractivity contribution is 7.99. The molecule has 1 amide bonds. The number of benzene rings is 1. The lowest BCUT2D eigenvalue weighted by Crippen LogP contribution is -2.17. The number of para-hydroxylation sites is 1. The molecule has 0 aliphatic heterocycles. The average Bonchev–Trinajstić information content (AvgIpc) is 2.30. The second-order valence-corrected chi connectivity index (χ2v) is 5.32. The van der Waals surface area contributed by atoms with Gasteiger partial charge in [0.05, 0.1) is 5.69 Å². The van der Waals surface area contributed by atoms with Crippen LogP contribution in [0.15, 0.2) is 29.2 Å². The van der Waals surface area contributed by atoms with Crippen molar-refractivity contribution in [3.05, 3.63) is 24.3 Å². The van der Waals surface area contributed by atoms with E-state index in [2.05, 4.69) is 5.32 Å². The van der Waals surface area contributed by atoms with Crippen molar-refractivity contribution in [3.63, 3.8) is 0 Å². The predicted octanol–water partition coefficient (Wildman–Crippen LogP) is 3.46. The first-order valence-electron chi connectivity index (χ1n) is 6.08. The molecule has 0 saturated carbocycles. The summed E-state index contributed by atoms with van der Waals surface area (Å²) in [6, 6.07) is 6.61. The third-order valence-electron chi connectivity index (χ3n) is 2.44. The number of nitrogens with two attached hydrogens (primary N) is 1. The third-order valence-corrected chi connectivity index (χ3v) is 3.23. The topological polar surface area (TPSA) is 55.1 Å². The van der Waals surface area contributed by atoms with Crippen LogP contribution < -0.4 is 11.1 Å². The van der Waals surface area contributed by atoms with Gasteiger partial charge in [-0.2, -0.15) is 8.78 Å². The van der Waals surface area contributed by atoms with Crippen molar-refractivity contribution in [2.45, 2.75) is 42.9 Å². The first-order chi connectivity index (χ1) is 8.99. The first-order valence-corrected chi connectivity index (χ1v) is 6.96. The molecular weight excluding hydrogens is 270 g/mol. The Hall–Kier alpha value is -1.14. The largest absolute Gasteiger partial charge is 0.328 e. The maximum atomic E-state index is 12.4. The van der Waals surface area contributed by atoms with E-state index in [4.69, 9.17) is 5.73 Å². The normalized spacial score (nSPS) is 12.5. The molecule has 0 saturated heterocycles. The Morgan fingerprint density at radius 1 is 1.42 bits per heavy atom. The maximum absolute atomic E-state index is 12.4. The van der Waals surface area contributed by atoms with Gasteiger partial charge in [0.15, 0.2) is 0 Å². The molecule has 1 unspecified atom stereocenters. The van der Waals surface area contributed by atoms with Crippen molar-refractivity contribution in [2.24, 2.45) is 5.73 Å². The monoisotopic (exact) mass is 288 g/mol. The Bertz CT molecular complexity index is 413. The molecule has 0 aliphatic rings. The summed E-state index contributed by atoms with van der Waals surface area (Å²) in [5.74, 6) is -2.68.